The summed E-state index contributed by atoms with van der Waals surface area (Å²) >= 11 is 0. The Morgan fingerprint density at radius 3 is 2.76 bits per heavy atom. The monoisotopic (exact) mass is 236 g/mol. The van der Waals surface area contributed by atoms with E-state index in [9.17, 15) is 4.79 Å². The molecule has 94 valence electrons. The van der Waals surface area contributed by atoms with E-state index in [-0.39, 0.29) is 5.78 Å². The normalized spacial score (nSPS) is 10.4. The van der Waals surface area contributed by atoms with Crippen molar-refractivity contribution in [2.45, 2.75) is 20.8 Å². The average Bonchev–Trinajstić information content (AvgIpc) is 2.26. The lowest BCUT2D eigenvalue weighted by Gasteiger charge is -2.20. The van der Waals surface area contributed by atoms with Gasteiger partial charge in [0, 0.05) is 19.7 Å². The predicted octanol–water partition coefficient (Wildman–Crippen LogP) is 1.57. The Morgan fingerprint density at radius 2 is 2.18 bits per heavy atom. The first-order chi connectivity index (χ1) is 7.99. The van der Waals surface area contributed by atoms with Gasteiger partial charge in [0.2, 0.25) is 0 Å². The molecular formula is C12H20N4O. The zero-order chi connectivity index (χ0) is 12.8. The number of carbonyl (C=O) groups excluding carboxylic acids is 1. The molecule has 1 rings (SSSR count). The number of nitrogens with one attached hydrogen (secondary N) is 1. The van der Waals surface area contributed by atoms with E-state index in [4.69, 9.17) is 0 Å². The van der Waals surface area contributed by atoms with Crippen LogP contribution in [0.4, 0.5) is 11.6 Å². The van der Waals surface area contributed by atoms with E-state index in [2.05, 4.69) is 34.0 Å². The van der Waals surface area contributed by atoms with Crippen LogP contribution in [0.1, 0.15) is 20.8 Å². The predicted molar refractivity (Wildman–Crippen MR) is 69.3 cm³/mol. The lowest BCUT2D eigenvalue weighted by Crippen LogP contribution is -2.23. The smallest absolute Gasteiger partial charge is 0.148 e. The Kier molecular flexibility index (Phi) is 4.87. The fraction of sp³-hybridized carbons (Fsp3) is 0.583. The van der Waals surface area contributed by atoms with Crippen molar-refractivity contribution in [3.8, 4) is 0 Å². The number of ketones is 1. The van der Waals surface area contributed by atoms with Crippen molar-refractivity contribution in [3.05, 3.63) is 12.4 Å². The third-order valence-electron chi connectivity index (χ3n) is 2.20. The van der Waals surface area contributed by atoms with Gasteiger partial charge in [0.1, 0.15) is 23.7 Å². The molecule has 5 heteroatoms. The lowest BCUT2D eigenvalue weighted by molar-refractivity contribution is -0.115. The fourth-order valence-electron chi connectivity index (χ4n) is 1.51. The van der Waals surface area contributed by atoms with Crippen LogP contribution in [0.3, 0.4) is 0 Å². The zero-order valence-corrected chi connectivity index (χ0v) is 10.9. The van der Waals surface area contributed by atoms with Crippen molar-refractivity contribution < 1.29 is 4.79 Å². The van der Waals surface area contributed by atoms with Crippen molar-refractivity contribution in [2.75, 3.05) is 30.4 Å². The summed E-state index contributed by atoms with van der Waals surface area (Å²) in [7, 11) is 2.00. The summed E-state index contributed by atoms with van der Waals surface area (Å²) in [6, 6.07) is 1.85. The molecule has 1 N–H and O–H groups in total. The van der Waals surface area contributed by atoms with Crippen molar-refractivity contribution in [1.29, 1.82) is 0 Å². The van der Waals surface area contributed by atoms with Gasteiger partial charge in [-0.1, -0.05) is 13.8 Å². The molecule has 0 aliphatic heterocycles. The van der Waals surface area contributed by atoms with Crippen LogP contribution < -0.4 is 10.2 Å². The molecule has 1 aromatic heterocycles. The number of anilines is 2. The Labute approximate surface area is 102 Å². The van der Waals surface area contributed by atoms with Gasteiger partial charge in [0.25, 0.3) is 0 Å². The van der Waals surface area contributed by atoms with E-state index >= 15 is 0 Å². The van der Waals surface area contributed by atoms with Gasteiger partial charge in [-0.15, -0.1) is 0 Å². The summed E-state index contributed by atoms with van der Waals surface area (Å²) in [6.45, 7) is 7.09. The van der Waals surface area contributed by atoms with Gasteiger partial charge in [0.15, 0.2) is 0 Å². The van der Waals surface area contributed by atoms with Crippen molar-refractivity contribution >= 4 is 17.4 Å². The molecule has 0 radical (unpaired) electrons. The quantitative estimate of drug-likeness (QED) is 0.812. The molecule has 0 unspecified atom stereocenters. The van der Waals surface area contributed by atoms with Gasteiger partial charge >= 0.3 is 0 Å². The van der Waals surface area contributed by atoms with Gasteiger partial charge in [-0.05, 0) is 12.8 Å². The largest absolute Gasteiger partial charge is 0.363 e. The minimum atomic E-state index is 0.0840. The first-order valence-electron chi connectivity index (χ1n) is 5.75. The maximum Gasteiger partial charge on any atom is 0.148 e. The maximum absolute atomic E-state index is 10.9. The molecule has 17 heavy (non-hydrogen) atoms. The first kappa shape index (κ1) is 13.4. The number of aromatic nitrogens is 2. The second-order valence-electron chi connectivity index (χ2n) is 4.59. The molecule has 0 aliphatic rings. The summed E-state index contributed by atoms with van der Waals surface area (Å²) in [6.07, 6.45) is 1.51. The molecule has 0 atom stereocenters. The number of Topliss-reactive ketones (excluding diaryl/α,β-unsaturated/α-hetero) is 1. The topological polar surface area (TPSA) is 58.1 Å². The molecule has 5 nitrogen and oxygen atoms in total. The van der Waals surface area contributed by atoms with Gasteiger partial charge in [-0.25, -0.2) is 9.97 Å². The van der Waals surface area contributed by atoms with E-state index in [1.165, 1.54) is 6.33 Å². The van der Waals surface area contributed by atoms with Crippen LogP contribution in [0.15, 0.2) is 12.4 Å². The second kappa shape index (κ2) is 6.18. The average molecular weight is 236 g/mol. The number of nitrogens with zero attached hydrogens (tertiary/aromatic N) is 3. The highest BCUT2D eigenvalue weighted by molar-refractivity contribution is 5.80. The molecule has 1 heterocycles. The van der Waals surface area contributed by atoms with E-state index in [1.54, 1.807) is 6.92 Å². The number of carbonyl (C=O) groups is 1. The highest BCUT2D eigenvalue weighted by atomic mass is 16.1. The third kappa shape index (κ3) is 4.80. The van der Waals surface area contributed by atoms with Crippen LogP contribution in [0.2, 0.25) is 0 Å². The van der Waals surface area contributed by atoms with Crippen LogP contribution in [0.25, 0.3) is 0 Å². The first-order valence-corrected chi connectivity index (χ1v) is 5.75. The van der Waals surface area contributed by atoms with Crippen LogP contribution in [0, 0.1) is 5.92 Å². The highest BCUT2D eigenvalue weighted by Gasteiger charge is 2.06. The van der Waals surface area contributed by atoms with Crippen LogP contribution in [-0.2, 0) is 4.79 Å². The van der Waals surface area contributed by atoms with Gasteiger partial charge in [0.05, 0.1) is 6.54 Å². The molecule has 1 aromatic rings. The summed E-state index contributed by atoms with van der Waals surface area (Å²) in [5.74, 6) is 2.20. The SMILES string of the molecule is CC(=O)CNc1cc(N(C)CC(C)C)ncn1. The van der Waals surface area contributed by atoms with E-state index in [1.807, 2.05) is 13.1 Å². The maximum atomic E-state index is 10.9. The fourth-order valence-corrected chi connectivity index (χ4v) is 1.51. The number of rotatable bonds is 6. The molecule has 0 aromatic carbocycles. The Balaban J connectivity index is 2.67. The minimum Gasteiger partial charge on any atom is -0.363 e. The summed E-state index contributed by atoms with van der Waals surface area (Å²) in [4.78, 5) is 21.2. The van der Waals surface area contributed by atoms with Crippen molar-refractivity contribution in [1.82, 2.24) is 9.97 Å². The van der Waals surface area contributed by atoms with Crippen LogP contribution in [-0.4, -0.2) is 35.9 Å². The second-order valence-corrected chi connectivity index (χ2v) is 4.59. The molecule has 0 aliphatic carbocycles. The zero-order valence-electron chi connectivity index (χ0n) is 10.9. The lowest BCUT2D eigenvalue weighted by atomic mass is 10.2. The minimum absolute atomic E-state index is 0.0840. The van der Waals surface area contributed by atoms with Crippen molar-refractivity contribution in [2.24, 2.45) is 5.92 Å². The summed E-state index contributed by atoms with van der Waals surface area (Å²) < 4.78 is 0. The molecular weight excluding hydrogens is 216 g/mol. The molecule has 0 spiro atoms. The molecule has 0 fully saturated rings. The van der Waals surface area contributed by atoms with Crippen molar-refractivity contribution in [3.63, 3.8) is 0 Å². The van der Waals surface area contributed by atoms with E-state index < -0.39 is 0 Å². The van der Waals surface area contributed by atoms with E-state index in [0.29, 0.717) is 18.3 Å². The van der Waals surface area contributed by atoms with Gasteiger partial charge < -0.3 is 10.2 Å². The van der Waals surface area contributed by atoms with Gasteiger partial charge in [-0.3, -0.25) is 4.79 Å². The Morgan fingerprint density at radius 1 is 1.47 bits per heavy atom. The number of hydrogen-bond acceptors (Lipinski definition) is 5. The summed E-state index contributed by atoms with van der Waals surface area (Å²) in [5.41, 5.74) is 0. The van der Waals surface area contributed by atoms with E-state index in [0.717, 1.165) is 12.4 Å². The highest BCUT2D eigenvalue weighted by Crippen LogP contribution is 2.13. The summed E-state index contributed by atoms with van der Waals surface area (Å²) in [5, 5.41) is 2.97. The Hall–Kier alpha value is -1.65. The standard InChI is InChI=1S/C12H20N4O/c1-9(2)7-16(4)12-5-11(14-8-15-12)13-6-10(3)17/h5,8-9H,6-7H2,1-4H3,(H,13,14,15). The Bertz CT molecular complexity index is 379. The van der Waals surface area contributed by atoms with Gasteiger partial charge in [-0.2, -0.15) is 0 Å². The molecule has 0 amide bonds. The molecule has 0 bridgehead atoms. The van der Waals surface area contributed by atoms with Crippen LogP contribution >= 0.6 is 0 Å². The van der Waals surface area contributed by atoms with Crippen LogP contribution in [0.5, 0.6) is 0 Å². The number of hydrogen-bond donors (Lipinski definition) is 1. The molecule has 0 saturated heterocycles. The molecule has 0 saturated carbocycles. The third-order valence-corrected chi connectivity index (χ3v) is 2.20.